The summed E-state index contributed by atoms with van der Waals surface area (Å²) < 4.78 is 5.30. The average Bonchev–Trinajstić information content (AvgIpc) is 3.12. The van der Waals surface area contributed by atoms with Crippen molar-refractivity contribution in [2.24, 2.45) is 0 Å². The van der Waals surface area contributed by atoms with E-state index in [-0.39, 0.29) is 18.1 Å². The highest BCUT2D eigenvalue weighted by molar-refractivity contribution is 5.74. The Hall–Kier alpha value is -2.34. The Morgan fingerprint density at radius 2 is 2.17 bits per heavy atom. The number of nitrogens with one attached hydrogen (secondary N) is 2. The normalized spacial score (nSPS) is 17.4. The summed E-state index contributed by atoms with van der Waals surface area (Å²) in [7, 11) is 0. The van der Waals surface area contributed by atoms with Gasteiger partial charge in [-0.15, -0.1) is 0 Å². The van der Waals surface area contributed by atoms with Crippen molar-refractivity contribution in [1.82, 2.24) is 20.5 Å². The third-order valence-corrected chi connectivity index (χ3v) is 4.35. The van der Waals surface area contributed by atoms with Crippen molar-refractivity contribution in [3.63, 3.8) is 0 Å². The van der Waals surface area contributed by atoms with Gasteiger partial charge in [-0.2, -0.15) is 0 Å². The second kappa shape index (κ2) is 7.97. The van der Waals surface area contributed by atoms with Crippen LogP contribution >= 0.6 is 0 Å². The maximum absolute atomic E-state index is 12.1. The van der Waals surface area contributed by atoms with Gasteiger partial charge in [0.25, 0.3) is 0 Å². The summed E-state index contributed by atoms with van der Waals surface area (Å²) >= 11 is 0. The first-order chi connectivity index (χ1) is 11.7. The Balaban J connectivity index is 1.39. The van der Waals surface area contributed by atoms with Gasteiger partial charge in [-0.3, -0.25) is 9.88 Å². The van der Waals surface area contributed by atoms with E-state index in [1.165, 1.54) is 0 Å². The number of rotatable bonds is 5. The van der Waals surface area contributed by atoms with E-state index in [1.807, 2.05) is 43.5 Å². The minimum atomic E-state index is -0.137. The fourth-order valence-electron chi connectivity index (χ4n) is 2.99. The van der Waals surface area contributed by atoms with E-state index in [1.54, 1.807) is 6.26 Å². The molecule has 0 bridgehead atoms. The fraction of sp³-hybridized carbons (Fsp3) is 0.444. The summed E-state index contributed by atoms with van der Waals surface area (Å²) in [5.41, 5.74) is 1.09. The van der Waals surface area contributed by atoms with Crippen molar-refractivity contribution in [2.45, 2.75) is 38.4 Å². The van der Waals surface area contributed by atoms with E-state index in [4.69, 9.17) is 4.42 Å². The number of aromatic nitrogens is 1. The predicted octanol–water partition coefficient (Wildman–Crippen LogP) is 2.70. The number of nitrogens with zero attached hydrogens (tertiary/aromatic N) is 2. The number of piperidine rings is 1. The molecule has 24 heavy (non-hydrogen) atoms. The number of pyridine rings is 1. The molecule has 2 aromatic heterocycles. The molecule has 6 nitrogen and oxygen atoms in total. The number of likely N-dealkylation sites (tertiary alicyclic amines) is 1. The molecule has 1 aliphatic heterocycles. The van der Waals surface area contributed by atoms with E-state index in [9.17, 15) is 4.79 Å². The molecule has 1 saturated heterocycles. The summed E-state index contributed by atoms with van der Waals surface area (Å²) in [4.78, 5) is 18.8. The highest BCUT2D eigenvalue weighted by atomic mass is 16.3. The zero-order valence-corrected chi connectivity index (χ0v) is 13.9. The summed E-state index contributed by atoms with van der Waals surface area (Å²) in [5.74, 6) is 0.760. The molecule has 3 heterocycles. The molecule has 128 valence electrons. The van der Waals surface area contributed by atoms with Gasteiger partial charge in [0, 0.05) is 31.9 Å². The molecule has 1 atom stereocenters. The summed E-state index contributed by atoms with van der Waals surface area (Å²) in [6, 6.07) is 9.63. The lowest BCUT2D eigenvalue weighted by atomic mass is 10.0. The van der Waals surface area contributed by atoms with Crippen LogP contribution in [0.25, 0.3) is 0 Å². The van der Waals surface area contributed by atoms with Crippen LogP contribution in [-0.4, -0.2) is 35.0 Å². The van der Waals surface area contributed by atoms with Crippen LogP contribution in [0.4, 0.5) is 4.79 Å². The van der Waals surface area contributed by atoms with E-state index >= 15 is 0 Å². The predicted molar refractivity (Wildman–Crippen MR) is 91.3 cm³/mol. The molecule has 0 aromatic carbocycles. The van der Waals surface area contributed by atoms with Crippen molar-refractivity contribution < 1.29 is 9.21 Å². The van der Waals surface area contributed by atoms with Crippen LogP contribution in [0.15, 0.2) is 47.2 Å². The smallest absolute Gasteiger partial charge is 0.315 e. The molecule has 0 radical (unpaired) electrons. The van der Waals surface area contributed by atoms with Gasteiger partial charge in [0.2, 0.25) is 0 Å². The molecule has 2 amide bonds. The Bertz CT molecular complexity index is 622. The second-order valence-electron chi connectivity index (χ2n) is 6.23. The lowest BCUT2D eigenvalue weighted by molar-refractivity contribution is 0.184. The van der Waals surface area contributed by atoms with E-state index in [2.05, 4.69) is 20.5 Å². The first-order valence-corrected chi connectivity index (χ1v) is 8.43. The maximum Gasteiger partial charge on any atom is 0.315 e. The van der Waals surface area contributed by atoms with Gasteiger partial charge in [-0.1, -0.05) is 6.07 Å². The molecule has 1 unspecified atom stereocenters. The zero-order valence-electron chi connectivity index (χ0n) is 13.9. The van der Waals surface area contributed by atoms with Crippen LogP contribution in [0.3, 0.4) is 0 Å². The minimum absolute atomic E-state index is 0.135. The second-order valence-corrected chi connectivity index (χ2v) is 6.23. The van der Waals surface area contributed by atoms with Crippen LogP contribution in [0, 0.1) is 0 Å². The van der Waals surface area contributed by atoms with Crippen molar-refractivity contribution in [1.29, 1.82) is 0 Å². The summed E-state index contributed by atoms with van der Waals surface area (Å²) in [6.07, 6.45) is 5.35. The zero-order chi connectivity index (χ0) is 16.8. The molecule has 6 heteroatoms. The fourth-order valence-corrected chi connectivity index (χ4v) is 2.99. The monoisotopic (exact) mass is 328 g/mol. The Morgan fingerprint density at radius 3 is 2.83 bits per heavy atom. The molecule has 1 fully saturated rings. The van der Waals surface area contributed by atoms with Gasteiger partial charge in [-0.05, 0) is 44.0 Å². The van der Waals surface area contributed by atoms with Crippen LogP contribution < -0.4 is 10.6 Å². The number of hydrogen-bond acceptors (Lipinski definition) is 4. The first kappa shape index (κ1) is 16.5. The highest BCUT2D eigenvalue weighted by Gasteiger charge is 2.21. The number of amides is 2. The van der Waals surface area contributed by atoms with Crippen LogP contribution in [0.5, 0.6) is 0 Å². The first-order valence-electron chi connectivity index (χ1n) is 8.43. The lowest BCUT2D eigenvalue weighted by Crippen LogP contribution is -2.48. The molecule has 2 aromatic rings. The molecule has 0 aliphatic carbocycles. The summed E-state index contributed by atoms with van der Waals surface area (Å²) in [5, 5.41) is 5.98. The van der Waals surface area contributed by atoms with Gasteiger partial charge in [0.05, 0.1) is 18.0 Å². The SMILES string of the molecule is CC(NC(=O)NC1CCN(Cc2ccccn2)CC1)c1ccco1. The van der Waals surface area contributed by atoms with E-state index in [0.717, 1.165) is 43.9 Å². The van der Waals surface area contributed by atoms with Gasteiger partial charge in [-0.25, -0.2) is 4.79 Å². The van der Waals surface area contributed by atoms with Gasteiger partial charge in [0.15, 0.2) is 0 Å². The Labute approximate surface area is 142 Å². The molecule has 3 rings (SSSR count). The third-order valence-electron chi connectivity index (χ3n) is 4.35. The summed E-state index contributed by atoms with van der Waals surface area (Å²) in [6.45, 7) is 4.72. The Kier molecular flexibility index (Phi) is 5.48. The number of furan rings is 1. The van der Waals surface area contributed by atoms with Crippen molar-refractivity contribution in [3.8, 4) is 0 Å². The lowest BCUT2D eigenvalue weighted by Gasteiger charge is -2.32. The molecular formula is C18H24N4O2. The van der Waals surface area contributed by atoms with E-state index < -0.39 is 0 Å². The third kappa shape index (κ3) is 4.58. The number of carbonyl (C=O) groups excluding carboxylic acids is 1. The standard InChI is InChI=1S/C18H24N4O2/c1-14(17-6-4-12-24-17)20-18(23)21-15-7-10-22(11-8-15)13-16-5-2-3-9-19-16/h2-6,9,12,14-15H,7-8,10-11,13H2,1H3,(H2,20,21,23). The number of hydrogen-bond donors (Lipinski definition) is 2. The average molecular weight is 328 g/mol. The Morgan fingerprint density at radius 1 is 1.33 bits per heavy atom. The highest BCUT2D eigenvalue weighted by Crippen LogP contribution is 2.14. The largest absolute Gasteiger partial charge is 0.467 e. The van der Waals surface area contributed by atoms with Crippen LogP contribution in [0.1, 0.15) is 37.3 Å². The molecule has 0 spiro atoms. The minimum Gasteiger partial charge on any atom is -0.467 e. The number of urea groups is 1. The van der Waals surface area contributed by atoms with E-state index in [0.29, 0.717) is 0 Å². The van der Waals surface area contributed by atoms with Crippen LogP contribution in [-0.2, 0) is 6.54 Å². The molecule has 2 N–H and O–H groups in total. The molecule has 1 aliphatic rings. The van der Waals surface area contributed by atoms with Gasteiger partial charge >= 0.3 is 6.03 Å². The quantitative estimate of drug-likeness (QED) is 0.885. The topological polar surface area (TPSA) is 70.4 Å². The van der Waals surface area contributed by atoms with Gasteiger partial charge < -0.3 is 15.1 Å². The number of carbonyl (C=O) groups is 1. The molecule has 0 saturated carbocycles. The maximum atomic E-state index is 12.1. The van der Waals surface area contributed by atoms with Crippen molar-refractivity contribution in [3.05, 3.63) is 54.2 Å². The van der Waals surface area contributed by atoms with Crippen LogP contribution in [0.2, 0.25) is 0 Å². The molecular weight excluding hydrogens is 304 g/mol. The van der Waals surface area contributed by atoms with Crippen molar-refractivity contribution in [2.75, 3.05) is 13.1 Å². The van der Waals surface area contributed by atoms with Crippen molar-refractivity contribution >= 4 is 6.03 Å². The van der Waals surface area contributed by atoms with Gasteiger partial charge in [0.1, 0.15) is 5.76 Å².